The number of hydrogen-bond donors (Lipinski definition) is 1. The Morgan fingerprint density at radius 1 is 1.17 bits per heavy atom. The summed E-state index contributed by atoms with van der Waals surface area (Å²) in [6.45, 7) is 0. The van der Waals surface area contributed by atoms with Gasteiger partial charge < -0.3 is 10.1 Å². The number of esters is 1. The molecule has 12 heavy (non-hydrogen) atoms. The van der Waals surface area contributed by atoms with Gasteiger partial charge in [-0.1, -0.05) is 0 Å². The van der Waals surface area contributed by atoms with E-state index in [0.717, 1.165) is 11.8 Å². The maximum atomic E-state index is 11.3. The van der Waals surface area contributed by atoms with Crippen molar-refractivity contribution < 1.29 is 9.53 Å². The molecular weight excluding hydrogens is 154 g/mol. The molecule has 3 aliphatic carbocycles. The lowest BCUT2D eigenvalue weighted by molar-refractivity contribution is -0.350. The first-order valence-corrected chi connectivity index (χ1v) is 4.68. The largest absolute Gasteiger partial charge is 0.469 e. The minimum atomic E-state index is 0.0379. The summed E-state index contributed by atoms with van der Waals surface area (Å²) in [5.41, 5.74) is 0. The normalized spacial score (nSPS) is 67.6. The Labute approximate surface area is 70.5 Å². The number of carbonyl (C=O) groups excluding carboxylic acids is 1. The van der Waals surface area contributed by atoms with E-state index in [4.69, 9.17) is 4.74 Å². The summed E-state index contributed by atoms with van der Waals surface area (Å²) in [6.07, 6.45) is 0. The molecule has 0 bridgehead atoms. The average Bonchev–Trinajstić information content (AvgIpc) is 2.12. The number of hydrogen-bond acceptors (Lipinski definition) is 3. The molecule has 1 heterocycles. The highest BCUT2D eigenvalue weighted by atomic mass is 16.5. The zero-order valence-electron chi connectivity index (χ0n) is 6.86. The van der Waals surface area contributed by atoms with Crippen LogP contribution in [-0.4, -0.2) is 25.2 Å². The third-order valence-corrected chi connectivity index (χ3v) is 4.68. The van der Waals surface area contributed by atoms with Crippen LogP contribution in [0.4, 0.5) is 0 Å². The summed E-state index contributed by atoms with van der Waals surface area (Å²) in [7, 11) is 1.50. The molecule has 1 N–H and O–H groups in total. The van der Waals surface area contributed by atoms with Crippen molar-refractivity contribution in [3.05, 3.63) is 0 Å². The van der Waals surface area contributed by atoms with Gasteiger partial charge in [-0.25, -0.2) is 0 Å². The lowest BCUT2D eigenvalue weighted by Crippen LogP contribution is -2.97. The van der Waals surface area contributed by atoms with E-state index in [0.29, 0.717) is 23.9 Å². The van der Waals surface area contributed by atoms with E-state index in [1.54, 1.807) is 0 Å². The number of carbonyl (C=O) groups is 1. The lowest BCUT2D eigenvalue weighted by Gasteiger charge is -2.86. The fraction of sp³-hybridized carbons (Fsp3) is 0.889. The number of fused-ring (bicyclic) bond motifs is 2. The molecule has 0 radical (unpaired) electrons. The summed E-state index contributed by atoms with van der Waals surface area (Å²) in [4.78, 5) is 11.3. The maximum Gasteiger partial charge on any atom is 0.309 e. The van der Waals surface area contributed by atoms with Crippen LogP contribution in [0.15, 0.2) is 0 Å². The van der Waals surface area contributed by atoms with Gasteiger partial charge in [0.05, 0.1) is 13.0 Å². The Bertz CT molecular complexity index is 261. The predicted molar refractivity (Wildman–Crippen MR) is 40.2 cm³/mol. The van der Waals surface area contributed by atoms with E-state index >= 15 is 0 Å². The van der Waals surface area contributed by atoms with Crippen LogP contribution in [0, 0.1) is 29.6 Å². The molecule has 3 nitrogen and oxygen atoms in total. The molecule has 0 aromatic carbocycles. The summed E-state index contributed by atoms with van der Waals surface area (Å²) in [5, 5.41) is 3.51. The molecule has 4 rings (SSSR count). The molecular formula is C9H11NO2. The van der Waals surface area contributed by atoms with Gasteiger partial charge in [0, 0.05) is 12.1 Å². The highest BCUT2D eigenvalue weighted by molar-refractivity contribution is 5.77. The van der Waals surface area contributed by atoms with Gasteiger partial charge in [0.1, 0.15) is 0 Å². The van der Waals surface area contributed by atoms with Crippen molar-refractivity contribution in [2.45, 2.75) is 12.1 Å². The lowest BCUT2D eigenvalue weighted by atomic mass is 9.24. The van der Waals surface area contributed by atoms with Crippen LogP contribution in [0.2, 0.25) is 0 Å². The molecule has 1 aliphatic heterocycles. The van der Waals surface area contributed by atoms with E-state index in [1.165, 1.54) is 7.11 Å². The van der Waals surface area contributed by atoms with Crippen molar-refractivity contribution in [2.24, 2.45) is 29.6 Å². The minimum absolute atomic E-state index is 0.0379. The predicted octanol–water partition coefficient (Wildman–Crippen LogP) is -0.378. The standard InChI is InChI=1S/C9H11NO2/c1-12-9(11)5-3-2-4(5)8-6(2)7(3)10-8/h2-8,10H,1H3. The quantitative estimate of drug-likeness (QED) is 0.538. The number of nitrogens with one attached hydrogen (secondary N) is 1. The van der Waals surface area contributed by atoms with E-state index in [2.05, 4.69) is 5.32 Å². The second kappa shape index (κ2) is 1.43. The topological polar surface area (TPSA) is 38.3 Å². The number of ether oxygens (including phenoxy) is 1. The van der Waals surface area contributed by atoms with Gasteiger partial charge in [0.2, 0.25) is 0 Å². The molecule has 3 saturated carbocycles. The first kappa shape index (κ1) is 5.97. The van der Waals surface area contributed by atoms with Gasteiger partial charge in [-0.3, -0.25) is 4.79 Å². The number of piperidine rings is 4. The van der Waals surface area contributed by atoms with Crippen LogP contribution in [0.25, 0.3) is 0 Å². The van der Waals surface area contributed by atoms with Crippen molar-refractivity contribution in [2.75, 3.05) is 7.11 Å². The summed E-state index contributed by atoms with van der Waals surface area (Å²) < 4.78 is 4.80. The second-order valence-corrected chi connectivity index (χ2v) is 4.58. The van der Waals surface area contributed by atoms with Crippen LogP contribution >= 0.6 is 0 Å². The van der Waals surface area contributed by atoms with Crippen LogP contribution < -0.4 is 5.32 Å². The molecule has 4 aliphatic rings. The van der Waals surface area contributed by atoms with Crippen molar-refractivity contribution in [1.29, 1.82) is 0 Å². The van der Waals surface area contributed by atoms with Crippen LogP contribution in [0.3, 0.4) is 0 Å². The molecule has 3 heteroatoms. The van der Waals surface area contributed by atoms with Crippen LogP contribution in [-0.2, 0) is 9.53 Å². The third-order valence-electron chi connectivity index (χ3n) is 4.68. The molecule has 4 fully saturated rings. The smallest absolute Gasteiger partial charge is 0.309 e. The van der Waals surface area contributed by atoms with E-state index in [1.807, 2.05) is 0 Å². The van der Waals surface area contributed by atoms with Gasteiger partial charge in [-0.2, -0.15) is 0 Å². The summed E-state index contributed by atoms with van der Waals surface area (Å²) in [5.74, 6) is 3.47. The second-order valence-electron chi connectivity index (χ2n) is 4.58. The van der Waals surface area contributed by atoms with Crippen molar-refractivity contribution in [1.82, 2.24) is 5.32 Å². The summed E-state index contributed by atoms with van der Waals surface area (Å²) >= 11 is 0. The zero-order chi connectivity index (χ0) is 8.03. The molecule has 4 unspecified atom stereocenters. The average molecular weight is 165 g/mol. The van der Waals surface area contributed by atoms with Gasteiger partial charge in [0.25, 0.3) is 0 Å². The van der Waals surface area contributed by atoms with Crippen molar-refractivity contribution in [3.8, 4) is 0 Å². The molecule has 0 aromatic rings. The Hall–Kier alpha value is -0.570. The molecule has 0 aromatic heterocycles. The fourth-order valence-corrected chi connectivity index (χ4v) is 4.21. The SMILES string of the molecule is COC(=O)C1C2C3NC4C3C2C41. The summed E-state index contributed by atoms with van der Waals surface area (Å²) in [6, 6.07) is 1.38. The highest BCUT2D eigenvalue weighted by Crippen LogP contribution is 2.77. The Kier molecular flexibility index (Phi) is 0.714. The number of methoxy groups -OCH3 is 1. The third kappa shape index (κ3) is 0.325. The molecule has 0 amide bonds. The zero-order valence-corrected chi connectivity index (χ0v) is 6.86. The first-order chi connectivity index (χ1) is 5.84. The van der Waals surface area contributed by atoms with Crippen molar-refractivity contribution >= 4 is 5.97 Å². The van der Waals surface area contributed by atoms with Gasteiger partial charge in [-0.15, -0.1) is 0 Å². The molecule has 4 atom stereocenters. The van der Waals surface area contributed by atoms with E-state index < -0.39 is 0 Å². The Balaban J connectivity index is 1.66. The number of rotatable bonds is 1. The monoisotopic (exact) mass is 165 g/mol. The van der Waals surface area contributed by atoms with Crippen molar-refractivity contribution in [3.63, 3.8) is 0 Å². The molecule has 1 saturated heterocycles. The van der Waals surface area contributed by atoms with Gasteiger partial charge >= 0.3 is 5.97 Å². The Morgan fingerprint density at radius 3 is 2.25 bits per heavy atom. The molecule has 0 spiro atoms. The minimum Gasteiger partial charge on any atom is -0.469 e. The first-order valence-electron chi connectivity index (χ1n) is 4.68. The maximum absolute atomic E-state index is 11.3. The van der Waals surface area contributed by atoms with Gasteiger partial charge in [-0.05, 0) is 23.7 Å². The highest BCUT2D eigenvalue weighted by Gasteiger charge is 2.85. The van der Waals surface area contributed by atoms with Gasteiger partial charge in [0.15, 0.2) is 0 Å². The van der Waals surface area contributed by atoms with E-state index in [-0.39, 0.29) is 11.9 Å². The fourth-order valence-electron chi connectivity index (χ4n) is 4.21. The Morgan fingerprint density at radius 2 is 1.83 bits per heavy atom. The van der Waals surface area contributed by atoms with E-state index in [9.17, 15) is 4.79 Å². The van der Waals surface area contributed by atoms with Crippen LogP contribution in [0.5, 0.6) is 0 Å². The molecule has 64 valence electrons. The van der Waals surface area contributed by atoms with Crippen LogP contribution in [0.1, 0.15) is 0 Å².